The van der Waals surface area contributed by atoms with E-state index in [1.165, 1.54) is 4.57 Å². The SMILES string of the molecule is CC(=N[S@+]([O-])C(C)(C)C)c1cc(Cl)cc2c(=O)n(C)c(-c3ccccc3)nc12. The van der Waals surface area contributed by atoms with Gasteiger partial charge in [0.15, 0.2) is 0 Å². The molecule has 0 radical (unpaired) electrons. The van der Waals surface area contributed by atoms with Gasteiger partial charge in [-0.3, -0.25) is 9.36 Å². The molecule has 0 bridgehead atoms. The fourth-order valence-corrected chi connectivity index (χ4v) is 3.61. The van der Waals surface area contributed by atoms with Crippen LogP contribution < -0.4 is 5.56 Å². The van der Waals surface area contributed by atoms with Crippen molar-refractivity contribution in [3.63, 3.8) is 0 Å². The van der Waals surface area contributed by atoms with Gasteiger partial charge in [0, 0.05) is 23.2 Å². The average Bonchev–Trinajstić information content (AvgIpc) is 2.64. The van der Waals surface area contributed by atoms with E-state index in [-0.39, 0.29) is 5.56 Å². The van der Waals surface area contributed by atoms with Gasteiger partial charge in [-0.25, -0.2) is 4.98 Å². The van der Waals surface area contributed by atoms with Gasteiger partial charge in [0.25, 0.3) is 5.56 Å². The number of nitrogens with zero attached hydrogens (tertiary/aromatic N) is 3. The van der Waals surface area contributed by atoms with Crippen molar-refractivity contribution in [2.24, 2.45) is 11.4 Å². The van der Waals surface area contributed by atoms with Gasteiger partial charge in [-0.2, -0.15) is 0 Å². The van der Waals surface area contributed by atoms with Crippen LogP contribution in [0.5, 0.6) is 0 Å². The number of aromatic nitrogens is 2. The van der Waals surface area contributed by atoms with Crippen LogP contribution in [0.15, 0.2) is 51.7 Å². The largest absolute Gasteiger partial charge is 0.591 e. The number of hydrogen-bond acceptors (Lipinski definition) is 4. The Labute approximate surface area is 172 Å². The van der Waals surface area contributed by atoms with Gasteiger partial charge in [0.1, 0.15) is 21.9 Å². The van der Waals surface area contributed by atoms with Crippen LogP contribution in [0, 0.1) is 0 Å². The Morgan fingerprint density at radius 1 is 1.21 bits per heavy atom. The van der Waals surface area contributed by atoms with Crippen LogP contribution >= 0.6 is 11.6 Å². The lowest BCUT2D eigenvalue weighted by atomic mass is 10.1. The minimum Gasteiger partial charge on any atom is -0.591 e. The maximum absolute atomic E-state index is 13.0. The topological polar surface area (TPSA) is 70.3 Å². The minimum atomic E-state index is -1.43. The molecule has 2 aromatic carbocycles. The highest BCUT2D eigenvalue weighted by molar-refractivity contribution is 7.91. The fourth-order valence-electron chi connectivity index (χ4n) is 2.77. The summed E-state index contributed by atoms with van der Waals surface area (Å²) in [7, 11) is 1.69. The Balaban J connectivity index is 2.31. The molecule has 0 fully saturated rings. The van der Waals surface area contributed by atoms with Gasteiger partial charge < -0.3 is 4.55 Å². The Morgan fingerprint density at radius 2 is 1.86 bits per heavy atom. The highest BCUT2D eigenvalue weighted by atomic mass is 35.5. The van der Waals surface area contributed by atoms with Crippen molar-refractivity contribution in [1.82, 2.24) is 9.55 Å². The van der Waals surface area contributed by atoms with Crippen molar-refractivity contribution in [3.05, 3.63) is 63.4 Å². The highest BCUT2D eigenvalue weighted by Crippen LogP contribution is 2.26. The number of benzene rings is 2. The van der Waals surface area contributed by atoms with Gasteiger partial charge in [-0.1, -0.05) is 46.3 Å². The van der Waals surface area contributed by atoms with E-state index in [1.807, 2.05) is 51.1 Å². The van der Waals surface area contributed by atoms with Crippen molar-refractivity contribution in [1.29, 1.82) is 0 Å². The molecule has 0 saturated heterocycles. The molecule has 1 aromatic heterocycles. The van der Waals surface area contributed by atoms with Crippen molar-refractivity contribution in [2.75, 3.05) is 0 Å². The van der Waals surface area contributed by atoms with Crippen LogP contribution in [-0.4, -0.2) is 24.6 Å². The van der Waals surface area contributed by atoms with Crippen LogP contribution in [0.2, 0.25) is 5.02 Å². The molecule has 3 aromatic rings. The summed E-state index contributed by atoms with van der Waals surface area (Å²) in [6.07, 6.45) is 0. The maximum Gasteiger partial charge on any atom is 0.261 e. The van der Waals surface area contributed by atoms with E-state index < -0.39 is 16.1 Å². The van der Waals surface area contributed by atoms with E-state index in [0.717, 1.165) is 5.56 Å². The molecule has 7 heteroatoms. The lowest BCUT2D eigenvalue weighted by molar-refractivity contribution is 0.561. The van der Waals surface area contributed by atoms with E-state index >= 15 is 0 Å². The maximum atomic E-state index is 13.0. The number of hydrogen-bond donors (Lipinski definition) is 0. The zero-order valence-corrected chi connectivity index (χ0v) is 18.1. The van der Waals surface area contributed by atoms with Gasteiger partial charge in [-0.15, -0.1) is 0 Å². The summed E-state index contributed by atoms with van der Waals surface area (Å²) >= 11 is 4.83. The predicted molar refractivity (Wildman–Crippen MR) is 118 cm³/mol. The second kappa shape index (κ2) is 7.70. The first kappa shape index (κ1) is 20.6. The summed E-state index contributed by atoms with van der Waals surface area (Å²) in [6.45, 7) is 7.34. The van der Waals surface area contributed by atoms with Crippen LogP contribution in [-0.2, 0) is 18.4 Å². The minimum absolute atomic E-state index is 0.197. The molecule has 0 amide bonds. The van der Waals surface area contributed by atoms with Crippen LogP contribution in [0.4, 0.5) is 0 Å². The van der Waals surface area contributed by atoms with Gasteiger partial charge in [0.05, 0.1) is 16.6 Å². The molecule has 1 atom stereocenters. The molecule has 146 valence electrons. The van der Waals surface area contributed by atoms with E-state index in [4.69, 9.17) is 16.6 Å². The lowest BCUT2D eigenvalue weighted by Gasteiger charge is -2.19. The van der Waals surface area contributed by atoms with E-state index in [2.05, 4.69) is 4.40 Å². The molecule has 3 rings (SSSR count). The highest BCUT2D eigenvalue weighted by Gasteiger charge is 2.27. The number of fused-ring (bicyclic) bond motifs is 1. The summed E-state index contributed by atoms with van der Waals surface area (Å²) in [4.78, 5) is 17.8. The first-order valence-electron chi connectivity index (χ1n) is 8.83. The summed E-state index contributed by atoms with van der Waals surface area (Å²) < 4.78 is 17.8. The van der Waals surface area contributed by atoms with E-state index in [1.54, 1.807) is 26.1 Å². The second-order valence-corrected chi connectivity index (χ2v) is 9.90. The molecule has 0 N–H and O–H groups in total. The fraction of sp³-hybridized carbons (Fsp3) is 0.286. The average molecular weight is 416 g/mol. The molecule has 28 heavy (non-hydrogen) atoms. The lowest BCUT2D eigenvalue weighted by Crippen LogP contribution is -2.27. The first-order chi connectivity index (χ1) is 13.1. The molecule has 0 unspecified atom stereocenters. The third-order valence-electron chi connectivity index (χ3n) is 4.31. The van der Waals surface area contributed by atoms with E-state index in [9.17, 15) is 9.35 Å². The molecule has 5 nitrogen and oxygen atoms in total. The summed E-state index contributed by atoms with van der Waals surface area (Å²) in [6, 6.07) is 12.8. The van der Waals surface area contributed by atoms with Crippen molar-refractivity contribution in [2.45, 2.75) is 32.4 Å². The summed E-state index contributed by atoms with van der Waals surface area (Å²) in [5.41, 5.74) is 2.27. The molecule has 0 aliphatic rings. The summed E-state index contributed by atoms with van der Waals surface area (Å²) in [5.74, 6) is 0.548. The van der Waals surface area contributed by atoms with Gasteiger partial charge >= 0.3 is 0 Å². The van der Waals surface area contributed by atoms with Crippen molar-refractivity contribution >= 4 is 39.6 Å². The Morgan fingerprint density at radius 3 is 2.46 bits per heavy atom. The normalized spacial score (nSPS) is 13.8. The van der Waals surface area contributed by atoms with Gasteiger partial charge in [0.2, 0.25) is 0 Å². The zero-order valence-electron chi connectivity index (χ0n) is 16.5. The smallest absolute Gasteiger partial charge is 0.261 e. The number of rotatable bonds is 3. The quantitative estimate of drug-likeness (QED) is 0.466. The van der Waals surface area contributed by atoms with Crippen LogP contribution in [0.25, 0.3) is 22.3 Å². The zero-order chi connectivity index (χ0) is 20.6. The Hall–Kier alpha value is -2.15. The third kappa shape index (κ3) is 3.99. The Bertz CT molecular complexity index is 1120. The van der Waals surface area contributed by atoms with Crippen LogP contribution in [0.3, 0.4) is 0 Å². The molecule has 0 aliphatic carbocycles. The van der Waals surface area contributed by atoms with Crippen molar-refractivity contribution < 1.29 is 4.55 Å². The Kier molecular flexibility index (Phi) is 5.66. The molecule has 0 spiro atoms. The summed E-state index contributed by atoms with van der Waals surface area (Å²) in [5, 5.41) is 0.811. The standard InChI is InChI=1S/C21H22ClN3O2S/c1-13(24-28(27)21(2,3)4)16-11-15(22)12-17-18(16)23-19(25(5)20(17)26)14-9-7-6-8-10-14/h6-12H,1-5H3/t28-/m1/s1. The number of halogens is 1. The van der Waals surface area contributed by atoms with Crippen molar-refractivity contribution in [3.8, 4) is 11.4 Å². The second-order valence-electron chi connectivity index (χ2n) is 7.55. The monoisotopic (exact) mass is 415 g/mol. The van der Waals surface area contributed by atoms with Gasteiger partial charge in [-0.05, 0) is 39.8 Å². The molecule has 0 aliphatic heterocycles. The third-order valence-corrected chi connectivity index (χ3v) is 6.02. The molecule has 0 saturated carbocycles. The molecular weight excluding hydrogens is 394 g/mol. The predicted octanol–water partition coefficient (Wildman–Crippen LogP) is 4.53. The first-order valence-corrected chi connectivity index (χ1v) is 10.3. The molecular formula is C21H22ClN3O2S. The van der Waals surface area contributed by atoms with E-state index in [0.29, 0.717) is 33.0 Å². The van der Waals surface area contributed by atoms with Crippen LogP contribution in [0.1, 0.15) is 33.3 Å². The molecule has 1 heterocycles.